The van der Waals surface area contributed by atoms with Gasteiger partial charge in [0.25, 0.3) is 0 Å². The fourth-order valence-electron chi connectivity index (χ4n) is 6.81. The third-order valence-electron chi connectivity index (χ3n) is 9.83. The molecule has 5 aromatic rings. The van der Waals surface area contributed by atoms with E-state index in [-0.39, 0.29) is 10.6 Å². The molecule has 1 aliphatic heterocycles. The molecule has 1 saturated heterocycles. The van der Waals surface area contributed by atoms with Crippen LogP contribution in [-0.2, 0) is 25.4 Å². The predicted molar refractivity (Wildman–Crippen MR) is 219 cm³/mol. The monoisotopic (exact) mass is 780 g/mol. The molecule has 0 amide bonds. The quantitative estimate of drug-likeness (QED) is 0.0617. The van der Waals surface area contributed by atoms with Gasteiger partial charge in [0, 0.05) is 21.8 Å². The highest BCUT2D eigenvalue weighted by atomic mass is 32.2. The van der Waals surface area contributed by atoms with Crippen LogP contribution >= 0.6 is 11.8 Å². The maximum absolute atomic E-state index is 14.0. The third-order valence-corrected chi connectivity index (χ3v) is 12.3. The van der Waals surface area contributed by atoms with Gasteiger partial charge in [0.2, 0.25) is 0 Å². The minimum atomic E-state index is -4.27. The summed E-state index contributed by atoms with van der Waals surface area (Å²) in [5.41, 5.74) is 3.65. The molecule has 0 bridgehead atoms. The summed E-state index contributed by atoms with van der Waals surface area (Å²) in [6.45, 7) is 6.10. The van der Waals surface area contributed by atoms with E-state index >= 15 is 0 Å². The molecule has 1 atom stereocenters. The van der Waals surface area contributed by atoms with Gasteiger partial charge in [0.15, 0.2) is 5.79 Å². The second-order valence-electron chi connectivity index (χ2n) is 13.9. The molecule has 55 heavy (non-hydrogen) atoms. The third kappa shape index (κ3) is 10.6. The summed E-state index contributed by atoms with van der Waals surface area (Å²) >= 11 is 1.34. The van der Waals surface area contributed by atoms with E-state index in [1.807, 2.05) is 78.9 Å². The Balaban J connectivity index is 1.27. The van der Waals surface area contributed by atoms with Crippen molar-refractivity contribution >= 4 is 21.9 Å². The first-order valence-electron chi connectivity index (χ1n) is 19.5. The van der Waals surface area contributed by atoms with E-state index in [0.29, 0.717) is 47.0 Å². The van der Waals surface area contributed by atoms with Crippen LogP contribution in [0.25, 0.3) is 11.1 Å². The first kappa shape index (κ1) is 40.5. The zero-order valence-electron chi connectivity index (χ0n) is 31.8. The average molecular weight is 781 g/mol. The maximum Gasteiger partial charge on any atom is 0.340 e. The first-order chi connectivity index (χ1) is 26.8. The molecule has 1 aliphatic rings. The Morgan fingerprint density at radius 3 is 2.13 bits per heavy atom. The molecule has 9 heteroatoms. The van der Waals surface area contributed by atoms with Crippen LogP contribution in [-0.4, -0.2) is 33.3 Å². The van der Waals surface area contributed by atoms with Crippen molar-refractivity contribution < 1.29 is 31.9 Å². The van der Waals surface area contributed by atoms with Crippen molar-refractivity contribution in [1.29, 1.82) is 0 Å². The number of para-hydroxylation sites is 1. The lowest BCUT2D eigenvalue weighted by Crippen LogP contribution is -2.27. The van der Waals surface area contributed by atoms with Crippen molar-refractivity contribution in [2.45, 2.75) is 98.2 Å². The van der Waals surface area contributed by atoms with Gasteiger partial charge in [-0.1, -0.05) is 137 Å². The molecule has 0 radical (unpaired) electrons. The van der Waals surface area contributed by atoms with Gasteiger partial charge >= 0.3 is 10.1 Å². The second kappa shape index (κ2) is 19.6. The number of hydrogen-bond donors (Lipinski definition) is 1. The number of benzene rings is 5. The number of unbranched alkanes of at least 4 members (excludes halogenated alkanes) is 6. The van der Waals surface area contributed by atoms with Crippen LogP contribution in [0.1, 0.15) is 94.4 Å². The average Bonchev–Trinajstić information content (AvgIpc) is 3.70. The Labute approximate surface area is 331 Å². The van der Waals surface area contributed by atoms with Gasteiger partial charge in [-0.25, -0.2) is 0 Å². The lowest BCUT2D eigenvalue weighted by Gasteiger charge is -2.28. The van der Waals surface area contributed by atoms with Gasteiger partial charge in [0.05, 0.1) is 19.8 Å². The molecule has 290 valence electrons. The standard InChI is InChI=1S/C46H52O7S2/c1-3-5-7-8-9-15-30-46(51-32-33-52-46)37-23-20-35(21-24-37)45(47)42-19-14-13-18-41(42)36-22-29-43(54-40-27-25-38(26-28-40)50-31-6-4-2)44(34-36)55(48,49)53-39-16-11-10-12-17-39/h10-14,16-29,34,45,47H,3-9,15,30-33H2,1-2H3. The largest absolute Gasteiger partial charge is 0.494 e. The maximum atomic E-state index is 14.0. The molecule has 1 N–H and O–H groups in total. The molecule has 1 fully saturated rings. The van der Waals surface area contributed by atoms with Crippen LogP contribution in [0, 0.1) is 0 Å². The lowest BCUT2D eigenvalue weighted by atomic mass is 9.91. The van der Waals surface area contributed by atoms with Crippen molar-refractivity contribution in [3.05, 3.63) is 138 Å². The van der Waals surface area contributed by atoms with Gasteiger partial charge in [-0.05, 0) is 83.6 Å². The van der Waals surface area contributed by atoms with E-state index in [0.717, 1.165) is 48.3 Å². The van der Waals surface area contributed by atoms with Crippen molar-refractivity contribution in [2.75, 3.05) is 19.8 Å². The van der Waals surface area contributed by atoms with Crippen LogP contribution in [0.15, 0.2) is 136 Å². The van der Waals surface area contributed by atoms with Crippen LogP contribution in [0.5, 0.6) is 11.5 Å². The topological polar surface area (TPSA) is 91.3 Å². The van der Waals surface area contributed by atoms with Crippen molar-refractivity contribution in [1.82, 2.24) is 0 Å². The molecule has 6 rings (SSSR count). The second-order valence-corrected chi connectivity index (χ2v) is 16.5. The molecule has 1 heterocycles. The molecule has 5 aromatic carbocycles. The van der Waals surface area contributed by atoms with Gasteiger partial charge < -0.3 is 23.5 Å². The van der Waals surface area contributed by atoms with E-state index in [1.165, 1.54) is 37.4 Å². The van der Waals surface area contributed by atoms with Gasteiger partial charge in [-0.15, -0.1) is 0 Å². The number of aliphatic hydroxyl groups is 1. The summed E-state index contributed by atoms with van der Waals surface area (Å²) in [5.74, 6) is 0.227. The molecule has 1 unspecified atom stereocenters. The molecular weight excluding hydrogens is 729 g/mol. The Hall–Kier alpha value is -4.12. The van der Waals surface area contributed by atoms with Crippen LogP contribution in [0.2, 0.25) is 0 Å². The smallest absolute Gasteiger partial charge is 0.340 e. The summed E-state index contributed by atoms with van der Waals surface area (Å²) in [4.78, 5) is 1.40. The SMILES string of the molecule is CCCCCCCCC1(c2ccc(C(O)c3ccccc3-c3ccc(Sc4ccc(OCCCC)cc4)c(S(=O)(=O)Oc4ccccc4)c3)cc2)OCCO1. The van der Waals surface area contributed by atoms with Crippen LogP contribution in [0.3, 0.4) is 0 Å². The number of rotatable bonds is 20. The van der Waals surface area contributed by atoms with Crippen molar-refractivity contribution in [3.8, 4) is 22.6 Å². The van der Waals surface area contributed by atoms with Crippen molar-refractivity contribution in [3.63, 3.8) is 0 Å². The van der Waals surface area contributed by atoms with E-state index in [1.54, 1.807) is 42.5 Å². The van der Waals surface area contributed by atoms with Crippen molar-refractivity contribution in [2.24, 2.45) is 0 Å². The van der Waals surface area contributed by atoms with E-state index in [9.17, 15) is 13.5 Å². The Morgan fingerprint density at radius 1 is 0.727 bits per heavy atom. The number of aliphatic hydroxyl groups excluding tert-OH is 1. The molecule has 0 aromatic heterocycles. The zero-order chi connectivity index (χ0) is 38.5. The minimum Gasteiger partial charge on any atom is -0.494 e. The molecule has 7 nitrogen and oxygen atoms in total. The van der Waals surface area contributed by atoms with E-state index in [4.69, 9.17) is 18.4 Å². The molecule has 0 saturated carbocycles. The molecule has 0 aliphatic carbocycles. The summed E-state index contributed by atoms with van der Waals surface area (Å²) in [6, 6.07) is 36.8. The summed E-state index contributed by atoms with van der Waals surface area (Å²) in [7, 11) is -4.27. The summed E-state index contributed by atoms with van der Waals surface area (Å²) in [6.07, 6.45) is 8.96. The van der Waals surface area contributed by atoms with E-state index < -0.39 is 22.0 Å². The Morgan fingerprint density at radius 2 is 1.40 bits per heavy atom. The molecular formula is C46H52O7S2. The van der Waals surface area contributed by atoms with E-state index in [2.05, 4.69) is 13.8 Å². The summed E-state index contributed by atoms with van der Waals surface area (Å²) in [5, 5.41) is 11.8. The number of hydrogen-bond acceptors (Lipinski definition) is 8. The van der Waals surface area contributed by atoms with Crippen LogP contribution < -0.4 is 8.92 Å². The Bertz CT molecular complexity index is 2040. The fraction of sp³-hybridized carbons (Fsp3) is 0.348. The first-order valence-corrected chi connectivity index (χ1v) is 21.7. The highest BCUT2D eigenvalue weighted by Crippen LogP contribution is 2.41. The van der Waals surface area contributed by atoms with Gasteiger partial charge in [-0.3, -0.25) is 0 Å². The lowest BCUT2D eigenvalue weighted by molar-refractivity contribution is -0.171. The molecule has 0 spiro atoms. The highest BCUT2D eigenvalue weighted by Gasteiger charge is 2.38. The number of ether oxygens (including phenoxy) is 3. The highest BCUT2D eigenvalue weighted by molar-refractivity contribution is 8.00. The van der Waals surface area contributed by atoms with Crippen LogP contribution in [0.4, 0.5) is 0 Å². The normalized spacial score (nSPS) is 14.5. The Kier molecular flexibility index (Phi) is 14.5. The predicted octanol–water partition coefficient (Wildman–Crippen LogP) is 11.5. The van der Waals surface area contributed by atoms with Gasteiger partial charge in [0.1, 0.15) is 22.5 Å². The minimum absolute atomic E-state index is 0.0306. The van der Waals surface area contributed by atoms with Gasteiger partial charge in [-0.2, -0.15) is 8.42 Å². The summed E-state index contributed by atoms with van der Waals surface area (Å²) < 4.78 is 51.9. The fourth-order valence-corrected chi connectivity index (χ4v) is 9.11. The zero-order valence-corrected chi connectivity index (χ0v) is 33.5.